The molecule has 0 aliphatic heterocycles. The number of nitrogens with one attached hydrogen (secondary N) is 2. The maximum atomic E-state index is 11.0. The smallest absolute Gasteiger partial charge is 0.280 e. The van der Waals surface area contributed by atoms with Crippen molar-refractivity contribution in [2.45, 2.75) is 0 Å². The van der Waals surface area contributed by atoms with Crippen molar-refractivity contribution in [1.82, 2.24) is 10.5 Å². The molecule has 0 unspecified atom stereocenters. The Labute approximate surface area is 68.3 Å². The summed E-state index contributed by atoms with van der Waals surface area (Å²) >= 11 is 0. The molecule has 1 heterocycles. The number of hydroxylamine groups is 1. The van der Waals surface area contributed by atoms with Crippen LogP contribution in [0.5, 0.6) is 0 Å². The average Bonchev–Trinajstić information content (AvgIpc) is 2.05. The Hall–Kier alpha value is -1.62. The van der Waals surface area contributed by atoms with Crippen LogP contribution in [0.3, 0.4) is 0 Å². The lowest BCUT2D eigenvalue weighted by Crippen LogP contribution is -2.28. The van der Waals surface area contributed by atoms with E-state index in [0.717, 1.165) is 0 Å². The Morgan fingerprint density at radius 2 is 2.42 bits per heavy atom. The molecule has 0 saturated heterocycles. The van der Waals surface area contributed by atoms with Gasteiger partial charge in [-0.3, -0.25) is 14.4 Å². The van der Waals surface area contributed by atoms with Crippen molar-refractivity contribution in [3.8, 4) is 0 Å². The van der Waals surface area contributed by atoms with Gasteiger partial charge in [0.1, 0.15) is 5.56 Å². The highest BCUT2D eigenvalue weighted by Crippen LogP contribution is 1.87. The number of hydrogen-bond acceptors (Lipinski definition) is 3. The van der Waals surface area contributed by atoms with Crippen LogP contribution in [0.25, 0.3) is 0 Å². The summed E-state index contributed by atoms with van der Waals surface area (Å²) < 4.78 is 0. The van der Waals surface area contributed by atoms with E-state index >= 15 is 0 Å². The molecule has 1 aromatic heterocycles. The van der Waals surface area contributed by atoms with Crippen molar-refractivity contribution >= 4 is 5.91 Å². The van der Waals surface area contributed by atoms with Crippen LogP contribution in [0.1, 0.15) is 10.4 Å². The van der Waals surface area contributed by atoms with E-state index in [1.807, 2.05) is 5.48 Å². The third kappa shape index (κ3) is 1.70. The van der Waals surface area contributed by atoms with Gasteiger partial charge in [-0.15, -0.1) is 0 Å². The summed E-state index contributed by atoms with van der Waals surface area (Å²) in [5, 5.41) is 0. The Kier molecular flexibility index (Phi) is 2.60. The van der Waals surface area contributed by atoms with Gasteiger partial charge >= 0.3 is 0 Å². The molecular formula is C7H8N2O3. The minimum Gasteiger partial charge on any atom is -0.328 e. The molecule has 1 rings (SSSR count). The molecule has 0 atom stereocenters. The third-order valence-electron chi connectivity index (χ3n) is 1.26. The summed E-state index contributed by atoms with van der Waals surface area (Å²) in [4.78, 5) is 28.7. The molecule has 1 amide bonds. The molecule has 0 radical (unpaired) electrons. The van der Waals surface area contributed by atoms with Crippen LogP contribution >= 0.6 is 0 Å². The molecular weight excluding hydrogens is 160 g/mol. The number of rotatable bonds is 2. The van der Waals surface area contributed by atoms with Crippen LogP contribution in [0.2, 0.25) is 0 Å². The van der Waals surface area contributed by atoms with E-state index < -0.39 is 11.5 Å². The molecule has 12 heavy (non-hydrogen) atoms. The fraction of sp³-hybridized carbons (Fsp3) is 0.143. The summed E-state index contributed by atoms with van der Waals surface area (Å²) in [6, 6.07) is 2.97. The average molecular weight is 168 g/mol. The fourth-order valence-electron chi connectivity index (χ4n) is 0.748. The Balaban J connectivity index is 2.95. The van der Waals surface area contributed by atoms with Crippen LogP contribution < -0.4 is 11.0 Å². The van der Waals surface area contributed by atoms with Crippen molar-refractivity contribution in [1.29, 1.82) is 0 Å². The molecule has 0 aliphatic carbocycles. The van der Waals surface area contributed by atoms with Gasteiger partial charge in [0.2, 0.25) is 0 Å². The number of hydrogen-bond donors (Lipinski definition) is 2. The zero-order valence-corrected chi connectivity index (χ0v) is 6.46. The predicted molar refractivity (Wildman–Crippen MR) is 41.5 cm³/mol. The first-order valence-electron chi connectivity index (χ1n) is 3.26. The number of carbonyl (C=O) groups excluding carboxylic acids is 1. The first-order valence-corrected chi connectivity index (χ1v) is 3.26. The van der Waals surface area contributed by atoms with E-state index in [2.05, 4.69) is 9.82 Å². The van der Waals surface area contributed by atoms with Crippen molar-refractivity contribution in [2.24, 2.45) is 0 Å². The van der Waals surface area contributed by atoms with Crippen LogP contribution in [-0.2, 0) is 4.84 Å². The van der Waals surface area contributed by atoms with E-state index in [1.165, 1.54) is 19.4 Å². The standard InChI is InChI=1S/C7H8N2O3/c1-12-9-7(11)5-3-2-4-8-6(5)10/h2-4H,1H3,(H,8,10)(H,9,11). The Morgan fingerprint density at radius 1 is 1.67 bits per heavy atom. The number of pyridine rings is 1. The quantitative estimate of drug-likeness (QED) is 0.594. The molecule has 0 bridgehead atoms. The molecule has 0 fully saturated rings. The lowest BCUT2D eigenvalue weighted by molar-refractivity contribution is 0.0536. The van der Waals surface area contributed by atoms with Crippen LogP contribution in [0.4, 0.5) is 0 Å². The molecule has 1 aromatic rings. The summed E-state index contributed by atoms with van der Waals surface area (Å²) in [7, 11) is 1.30. The van der Waals surface area contributed by atoms with Crippen LogP contribution in [-0.4, -0.2) is 18.0 Å². The minimum atomic E-state index is -0.556. The summed E-state index contributed by atoms with van der Waals surface area (Å²) in [6.07, 6.45) is 1.45. The highest BCUT2D eigenvalue weighted by Gasteiger charge is 2.07. The number of amides is 1. The molecule has 0 saturated carbocycles. The highest BCUT2D eigenvalue weighted by molar-refractivity contribution is 5.92. The monoisotopic (exact) mass is 168 g/mol. The van der Waals surface area contributed by atoms with Crippen molar-refractivity contribution < 1.29 is 9.63 Å². The molecule has 0 aromatic carbocycles. The minimum absolute atomic E-state index is 0.0272. The summed E-state index contributed by atoms with van der Waals surface area (Å²) in [6.45, 7) is 0. The van der Waals surface area contributed by atoms with E-state index in [-0.39, 0.29) is 5.56 Å². The lowest BCUT2D eigenvalue weighted by Gasteiger charge is -1.98. The number of aromatic nitrogens is 1. The number of H-pyrrole nitrogens is 1. The van der Waals surface area contributed by atoms with Crippen molar-refractivity contribution in [3.63, 3.8) is 0 Å². The van der Waals surface area contributed by atoms with Gasteiger partial charge < -0.3 is 4.98 Å². The van der Waals surface area contributed by atoms with Gasteiger partial charge in [0.05, 0.1) is 7.11 Å². The molecule has 5 nitrogen and oxygen atoms in total. The highest BCUT2D eigenvalue weighted by atomic mass is 16.6. The van der Waals surface area contributed by atoms with Crippen LogP contribution in [0, 0.1) is 0 Å². The van der Waals surface area contributed by atoms with Gasteiger partial charge in [-0.05, 0) is 12.1 Å². The Bertz CT molecular complexity index is 331. The summed E-state index contributed by atoms with van der Waals surface area (Å²) in [5.41, 5.74) is 1.63. The summed E-state index contributed by atoms with van der Waals surface area (Å²) in [5.74, 6) is -0.556. The zero-order valence-electron chi connectivity index (χ0n) is 6.46. The van der Waals surface area contributed by atoms with Gasteiger partial charge in [-0.25, -0.2) is 5.48 Å². The molecule has 64 valence electrons. The van der Waals surface area contributed by atoms with Gasteiger partial charge in [0.25, 0.3) is 11.5 Å². The largest absolute Gasteiger partial charge is 0.328 e. The lowest BCUT2D eigenvalue weighted by atomic mass is 10.3. The van der Waals surface area contributed by atoms with Gasteiger partial charge in [0.15, 0.2) is 0 Å². The van der Waals surface area contributed by atoms with Crippen molar-refractivity contribution in [2.75, 3.05) is 7.11 Å². The molecule has 5 heteroatoms. The van der Waals surface area contributed by atoms with E-state index in [0.29, 0.717) is 0 Å². The van der Waals surface area contributed by atoms with Gasteiger partial charge in [-0.2, -0.15) is 0 Å². The topological polar surface area (TPSA) is 71.2 Å². The molecule has 0 aliphatic rings. The fourth-order valence-corrected chi connectivity index (χ4v) is 0.748. The predicted octanol–water partition coefficient (Wildman–Crippen LogP) is -0.334. The van der Waals surface area contributed by atoms with Crippen LogP contribution in [0.15, 0.2) is 23.1 Å². The maximum absolute atomic E-state index is 11.0. The van der Waals surface area contributed by atoms with E-state index in [4.69, 9.17) is 0 Å². The second kappa shape index (κ2) is 3.68. The zero-order chi connectivity index (χ0) is 8.97. The first kappa shape index (κ1) is 8.48. The van der Waals surface area contributed by atoms with Gasteiger partial charge in [0, 0.05) is 6.20 Å². The SMILES string of the molecule is CONC(=O)c1ccc[nH]c1=O. The Morgan fingerprint density at radius 3 is 3.00 bits per heavy atom. The number of carbonyl (C=O) groups is 1. The van der Waals surface area contributed by atoms with E-state index in [1.54, 1.807) is 6.07 Å². The van der Waals surface area contributed by atoms with Crippen molar-refractivity contribution in [3.05, 3.63) is 34.2 Å². The second-order valence-electron chi connectivity index (χ2n) is 2.05. The molecule has 0 spiro atoms. The molecule has 2 N–H and O–H groups in total. The second-order valence-corrected chi connectivity index (χ2v) is 2.05. The maximum Gasteiger partial charge on any atom is 0.280 e. The third-order valence-corrected chi connectivity index (χ3v) is 1.26. The van der Waals surface area contributed by atoms with Gasteiger partial charge in [-0.1, -0.05) is 0 Å². The van der Waals surface area contributed by atoms with E-state index in [9.17, 15) is 9.59 Å². The normalized spacial score (nSPS) is 9.42. The first-order chi connectivity index (χ1) is 5.75. The number of aromatic amines is 1.